The molecular formula is C20H25N3O4S2. The molecule has 2 aromatic carbocycles. The summed E-state index contributed by atoms with van der Waals surface area (Å²) in [5, 5.41) is 0. The summed E-state index contributed by atoms with van der Waals surface area (Å²) in [4.78, 5) is 0.224. The standard InChI is InChI=1S/C20H25N3O4S2/c24-28(25,20-8-2-1-3-9-20)21-19-11-14-22(15-12-19)29(26,27)23-13-10-17-6-4-5-7-18(17)16-23/h1-9,19,21H,10-16H2. The number of rotatable bonds is 5. The summed E-state index contributed by atoms with van der Waals surface area (Å²) in [7, 11) is -7.15. The summed E-state index contributed by atoms with van der Waals surface area (Å²) in [6, 6.07) is 15.9. The fourth-order valence-electron chi connectivity index (χ4n) is 3.92. The van der Waals surface area contributed by atoms with Crippen LogP contribution in [0.4, 0.5) is 0 Å². The van der Waals surface area contributed by atoms with E-state index in [2.05, 4.69) is 4.72 Å². The van der Waals surface area contributed by atoms with Gasteiger partial charge >= 0.3 is 0 Å². The van der Waals surface area contributed by atoms with Gasteiger partial charge in [0.1, 0.15) is 0 Å². The molecule has 0 amide bonds. The minimum Gasteiger partial charge on any atom is -0.208 e. The monoisotopic (exact) mass is 435 g/mol. The first kappa shape index (κ1) is 20.5. The van der Waals surface area contributed by atoms with Crippen LogP contribution in [0.3, 0.4) is 0 Å². The van der Waals surface area contributed by atoms with E-state index in [-0.39, 0.29) is 10.9 Å². The van der Waals surface area contributed by atoms with Crippen LogP contribution in [0.5, 0.6) is 0 Å². The van der Waals surface area contributed by atoms with E-state index in [1.54, 1.807) is 30.3 Å². The molecule has 1 fully saturated rings. The van der Waals surface area contributed by atoms with E-state index < -0.39 is 20.2 Å². The Kier molecular flexibility index (Phi) is 5.76. The second-order valence-corrected chi connectivity index (χ2v) is 11.1. The van der Waals surface area contributed by atoms with Crippen LogP contribution < -0.4 is 4.72 Å². The van der Waals surface area contributed by atoms with Gasteiger partial charge in [-0.25, -0.2) is 13.1 Å². The summed E-state index contributed by atoms with van der Waals surface area (Å²) in [5.74, 6) is 0. The highest BCUT2D eigenvalue weighted by Gasteiger charge is 2.35. The maximum absolute atomic E-state index is 13.1. The Bertz CT molecular complexity index is 1060. The van der Waals surface area contributed by atoms with Crippen LogP contribution in [0.2, 0.25) is 0 Å². The number of piperidine rings is 1. The molecule has 2 aliphatic heterocycles. The number of fused-ring (bicyclic) bond motifs is 1. The Labute approximate surface area is 172 Å². The molecule has 156 valence electrons. The van der Waals surface area contributed by atoms with Crippen molar-refractivity contribution in [1.82, 2.24) is 13.3 Å². The topological polar surface area (TPSA) is 86.8 Å². The number of hydrogen-bond donors (Lipinski definition) is 1. The molecule has 4 rings (SSSR count). The average Bonchev–Trinajstić information content (AvgIpc) is 2.74. The molecule has 0 spiro atoms. The van der Waals surface area contributed by atoms with Crippen molar-refractivity contribution in [3.05, 3.63) is 65.7 Å². The number of nitrogens with zero attached hydrogens (tertiary/aromatic N) is 2. The molecule has 0 aliphatic carbocycles. The lowest BCUT2D eigenvalue weighted by Gasteiger charge is -2.36. The van der Waals surface area contributed by atoms with Crippen LogP contribution in [0, 0.1) is 0 Å². The van der Waals surface area contributed by atoms with Crippen molar-refractivity contribution in [3.63, 3.8) is 0 Å². The zero-order chi connectivity index (χ0) is 20.5. The first-order valence-corrected chi connectivity index (χ1v) is 12.6. The maximum Gasteiger partial charge on any atom is 0.282 e. The summed E-state index contributed by atoms with van der Waals surface area (Å²) in [5.41, 5.74) is 2.25. The third-order valence-corrected chi connectivity index (χ3v) is 9.10. The first-order chi connectivity index (χ1) is 13.9. The minimum absolute atomic E-state index is 0.224. The van der Waals surface area contributed by atoms with Crippen molar-refractivity contribution in [1.29, 1.82) is 0 Å². The van der Waals surface area contributed by atoms with Crippen LogP contribution in [0.1, 0.15) is 24.0 Å². The molecule has 0 aromatic heterocycles. The second-order valence-electron chi connectivity index (χ2n) is 7.47. The number of sulfonamides is 1. The Morgan fingerprint density at radius 2 is 1.38 bits per heavy atom. The van der Waals surface area contributed by atoms with Crippen molar-refractivity contribution >= 4 is 20.2 Å². The van der Waals surface area contributed by atoms with Crippen LogP contribution in [-0.2, 0) is 33.2 Å². The number of benzene rings is 2. The van der Waals surface area contributed by atoms with Crippen molar-refractivity contribution < 1.29 is 16.8 Å². The van der Waals surface area contributed by atoms with Gasteiger partial charge in [0.25, 0.3) is 10.2 Å². The number of hydrogen-bond acceptors (Lipinski definition) is 4. The Morgan fingerprint density at radius 1 is 0.759 bits per heavy atom. The van der Waals surface area contributed by atoms with Crippen molar-refractivity contribution in [2.45, 2.75) is 36.7 Å². The van der Waals surface area contributed by atoms with Crippen LogP contribution >= 0.6 is 0 Å². The highest BCUT2D eigenvalue weighted by atomic mass is 32.2. The Morgan fingerprint density at radius 3 is 2.07 bits per heavy atom. The normalized spacial score (nSPS) is 19.7. The van der Waals surface area contributed by atoms with Gasteiger partial charge < -0.3 is 0 Å². The molecule has 0 saturated carbocycles. The van der Waals surface area contributed by atoms with E-state index in [0.29, 0.717) is 45.4 Å². The third-order valence-electron chi connectivity index (χ3n) is 5.58. The summed E-state index contributed by atoms with van der Waals surface area (Å²) in [6.07, 6.45) is 1.62. The summed E-state index contributed by atoms with van der Waals surface area (Å²) < 4.78 is 56.9. The van der Waals surface area contributed by atoms with Crippen LogP contribution in [0.15, 0.2) is 59.5 Å². The SMILES string of the molecule is O=S(=O)(NC1CCN(S(=O)(=O)N2CCc3ccccc3C2)CC1)c1ccccc1. The van der Waals surface area contributed by atoms with Gasteiger partial charge in [-0.3, -0.25) is 0 Å². The maximum atomic E-state index is 13.1. The van der Waals surface area contributed by atoms with Crippen LogP contribution in [-0.4, -0.2) is 51.1 Å². The van der Waals surface area contributed by atoms with Crippen LogP contribution in [0.25, 0.3) is 0 Å². The molecule has 0 bridgehead atoms. The Hall–Kier alpha value is -1.78. The lowest BCUT2D eigenvalue weighted by atomic mass is 10.0. The fraction of sp³-hybridized carbons (Fsp3) is 0.400. The molecule has 0 radical (unpaired) electrons. The summed E-state index contributed by atoms with van der Waals surface area (Å²) >= 11 is 0. The molecule has 1 N–H and O–H groups in total. The van der Waals surface area contributed by atoms with E-state index in [0.717, 1.165) is 5.56 Å². The van der Waals surface area contributed by atoms with Gasteiger partial charge in [-0.15, -0.1) is 0 Å². The van der Waals surface area contributed by atoms with E-state index in [1.165, 1.54) is 14.2 Å². The van der Waals surface area contributed by atoms with Gasteiger partial charge in [-0.05, 0) is 42.5 Å². The van der Waals surface area contributed by atoms with E-state index in [4.69, 9.17) is 0 Å². The minimum atomic E-state index is -3.60. The van der Waals surface area contributed by atoms with Gasteiger partial charge in [0, 0.05) is 32.2 Å². The lowest BCUT2D eigenvalue weighted by molar-refractivity contribution is 0.274. The van der Waals surface area contributed by atoms with E-state index in [9.17, 15) is 16.8 Å². The number of nitrogens with one attached hydrogen (secondary N) is 1. The average molecular weight is 436 g/mol. The van der Waals surface area contributed by atoms with Crippen molar-refractivity contribution in [2.24, 2.45) is 0 Å². The van der Waals surface area contributed by atoms with E-state index in [1.807, 2.05) is 24.3 Å². The van der Waals surface area contributed by atoms with Gasteiger partial charge in [0.15, 0.2) is 0 Å². The van der Waals surface area contributed by atoms with Crippen molar-refractivity contribution in [3.8, 4) is 0 Å². The predicted octanol–water partition coefficient (Wildman–Crippen LogP) is 1.73. The highest BCUT2D eigenvalue weighted by Crippen LogP contribution is 2.25. The predicted molar refractivity (Wildman–Crippen MR) is 111 cm³/mol. The fourth-order valence-corrected chi connectivity index (χ4v) is 6.87. The van der Waals surface area contributed by atoms with Gasteiger partial charge in [0.05, 0.1) is 4.90 Å². The smallest absolute Gasteiger partial charge is 0.208 e. The quantitative estimate of drug-likeness (QED) is 0.775. The third kappa shape index (κ3) is 4.39. The van der Waals surface area contributed by atoms with Crippen molar-refractivity contribution in [2.75, 3.05) is 19.6 Å². The Balaban J connectivity index is 1.38. The van der Waals surface area contributed by atoms with Gasteiger partial charge in [0.2, 0.25) is 10.0 Å². The molecule has 0 unspecified atom stereocenters. The largest absolute Gasteiger partial charge is 0.282 e. The molecule has 2 heterocycles. The first-order valence-electron chi connectivity index (χ1n) is 9.76. The molecule has 29 heavy (non-hydrogen) atoms. The van der Waals surface area contributed by atoms with Gasteiger partial charge in [-0.1, -0.05) is 42.5 Å². The molecule has 2 aliphatic rings. The summed E-state index contributed by atoms with van der Waals surface area (Å²) in [6.45, 7) is 1.48. The molecule has 7 nitrogen and oxygen atoms in total. The second kappa shape index (κ2) is 8.16. The molecule has 2 aromatic rings. The van der Waals surface area contributed by atoms with Gasteiger partial charge in [-0.2, -0.15) is 17.0 Å². The zero-order valence-corrected chi connectivity index (χ0v) is 17.7. The molecule has 9 heteroatoms. The molecule has 0 atom stereocenters. The zero-order valence-electron chi connectivity index (χ0n) is 16.1. The van der Waals surface area contributed by atoms with E-state index >= 15 is 0 Å². The highest BCUT2D eigenvalue weighted by molar-refractivity contribution is 7.89. The molecule has 1 saturated heterocycles. The lowest BCUT2D eigenvalue weighted by Crippen LogP contribution is -2.51. The molecular weight excluding hydrogens is 410 g/mol.